The fraction of sp³-hybridized carbons (Fsp3) is 0.278. The van der Waals surface area contributed by atoms with Crippen molar-refractivity contribution >= 4 is 0 Å². The molecule has 1 atom stereocenters. The molecule has 2 aromatic carbocycles. The molecule has 2 rings (SSSR count). The van der Waals surface area contributed by atoms with Crippen LogP contribution in [0, 0.1) is 11.3 Å². The zero-order chi connectivity index (χ0) is 15.1. The van der Waals surface area contributed by atoms with Gasteiger partial charge in [-0.25, -0.2) is 0 Å². The molecule has 21 heavy (non-hydrogen) atoms. The van der Waals surface area contributed by atoms with Crippen LogP contribution in [-0.4, -0.2) is 18.3 Å². The first-order valence-electron chi connectivity index (χ1n) is 7.19. The van der Waals surface area contributed by atoms with Crippen LogP contribution in [0.25, 0.3) is 11.1 Å². The first kappa shape index (κ1) is 15.2. The summed E-state index contributed by atoms with van der Waals surface area (Å²) < 4.78 is 0. The molecule has 2 aromatic rings. The molecule has 0 spiro atoms. The molecule has 2 N–H and O–H groups in total. The van der Waals surface area contributed by atoms with Gasteiger partial charge in [0, 0.05) is 12.6 Å². The second-order valence-electron chi connectivity index (χ2n) is 5.07. The average Bonchev–Trinajstić information content (AvgIpc) is 2.55. The minimum atomic E-state index is 0.216. The zero-order valence-electron chi connectivity index (χ0n) is 12.2. The molecule has 0 radical (unpaired) electrons. The summed E-state index contributed by atoms with van der Waals surface area (Å²) >= 11 is 0. The lowest BCUT2D eigenvalue weighted by Gasteiger charge is -2.14. The predicted octanol–water partition coefficient (Wildman–Crippen LogP) is 3.26. The number of rotatable bonds is 6. The molecule has 0 amide bonds. The molecule has 0 aromatic heterocycles. The van der Waals surface area contributed by atoms with Crippen LogP contribution < -0.4 is 5.32 Å². The van der Waals surface area contributed by atoms with Gasteiger partial charge in [0.05, 0.1) is 11.6 Å². The molecule has 0 bridgehead atoms. The van der Waals surface area contributed by atoms with Crippen LogP contribution in [0.2, 0.25) is 0 Å². The fourth-order valence-corrected chi connectivity index (χ4v) is 2.25. The van der Waals surface area contributed by atoms with Crippen LogP contribution >= 0.6 is 0 Å². The lowest BCUT2D eigenvalue weighted by molar-refractivity contribution is 0.284. The molecule has 3 nitrogen and oxygen atoms in total. The smallest absolute Gasteiger partial charge is 0.0991 e. The highest BCUT2D eigenvalue weighted by Crippen LogP contribution is 2.22. The highest BCUT2D eigenvalue weighted by Gasteiger charge is 2.05. The largest absolute Gasteiger partial charge is 0.396 e. The Morgan fingerprint density at radius 1 is 1.14 bits per heavy atom. The van der Waals surface area contributed by atoms with Gasteiger partial charge in [0.1, 0.15) is 0 Å². The quantitative estimate of drug-likeness (QED) is 0.799. The van der Waals surface area contributed by atoms with Crippen LogP contribution in [0.4, 0.5) is 0 Å². The van der Waals surface area contributed by atoms with E-state index in [-0.39, 0.29) is 12.6 Å². The molecule has 0 aliphatic rings. The molecule has 0 aliphatic heterocycles. The van der Waals surface area contributed by atoms with Crippen LogP contribution in [-0.2, 0) is 0 Å². The van der Waals surface area contributed by atoms with E-state index in [4.69, 9.17) is 10.4 Å². The minimum absolute atomic E-state index is 0.216. The van der Waals surface area contributed by atoms with Crippen LogP contribution in [0.3, 0.4) is 0 Å². The van der Waals surface area contributed by atoms with Crippen molar-refractivity contribution in [1.29, 1.82) is 5.26 Å². The van der Waals surface area contributed by atoms with E-state index in [1.54, 1.807) is 0 Å². The number of aliphatic hydroxyl groups excluding tert-OH is 1. The highest BCUT2D eigenvalue weighted by molar-refractivity contribution is 5.65. The molecule has 0 fully saturated rings. The van der Waals surface area contributed by atoms with Gasteiger partial charge in [-0.2, -0.15) is 5.26 Å². The lowest BCUT2D eigenvalue weighted by Crippen LogP contribution is -2.20. The van der Waals surface area contributed by atoms with Gasteiger partial charge in [-0.3, -0.25) is 0 Å². The third kappa shape index (κ3) is 4.16. The summed E-state index contributed by atoms with van der Waals surface area (Å²) in [6.07, 6.45) is 0.767. The van der Waals surface area contributed by atoms with Gasteiger partial charge in [0.25, 0.3) is 0 Å². The number of nitrogens with one attached hydrogen (secondary N) is 1. The van der Waals surface area contributed by atoms with Crippen molar-refractivity contribution in [1.82, 2.24) is 5.32 Å². The van der Waals surface area contributed by atoms with E-state index in [0.29, 0.717) is 5.56 Å². The molecule has 0 aliphatic carbocycles. The van der Waals surface area contributed by atoms with Gasteiger partial charge in [-0.1, -0.05) is 36.4 Å². The van der Waals surface area contributed by atoms with Crippen LogP contribution in [0.15, 0.2) is 48.5 Å². The van der Waals surface area contributed by atoms with E-state index < -0.39 is 0 Å². The van der Waals surface area contributed by atoms with Gasteiger partial charge in [-0.15, -0.1) is 0 Å². The van der Waals surface area contributed by atoms with Crippen molar-refractivity contribution in [2.45, 2.75) is 19.4 Å². The third-order valence-corrected chi connectivity index (χ3v) is 3.52. The summed E-state index contributed by atoms with van der Waals surface area (Å²) in [6.45, 7) is 3.14. The van der Waals surface area contributed by atoms with Crippen molar-refractivity contribution in [3.8, 4) is 17.2 Å². The maximum absolute atomic E-state index is 8.95. The van der Waals surface area contributed by atoms with Crippen molar-refractivity contribution in [2.75, 3.05) is 13.2 Å². The molecular weight excluding hydrogens is 260 g/mol. The van der Waals surface area contributed by atoms with Gasteiger partial charge >= 0.3 is 0 Å². The van der Waals surface area contributed by atoms with E-state index in [1.807, 2.05) is 24.3 Å². The molecule has 3 heteroatoms. The highest BCUT2D eigenvalue weighted by atomic mass is 16.3. The molecular formula is C18H20N2O. The van der Waals surface area contributed by atoms with E-state index >= 15 is 0 Å². The maximum atomic E-state index is 8.95. The van der Waals surface area contributed by atoms with Gasteiger partial charge in [-0.05, 0) is 48.7 Å². The number of nitriles is 1. The molecule has 0 heterocycles. The second-order valence-corrected chi connectivity index (χ2v) is 5.07. The molecule has 0 saturated heterocycles. The summed E-state index contributed by atoms with van der Waals surface area (Å²) in [4.78, 5) is 0. The summed E-state index contributed by atoms with van der Waals surface area (Å²) in [5, 5.41) is 21.1. The Bertz CT molecular complexity index is 614. The second kappa shape index (κ2) is 7.58. The van der Waals surface area contributed by atoms with Gasteiger partial charge < -0.3 is 10.4 Å². The summed E-state index contributed by atoms with van der Waals surface area (Å²) in [5.41, 5.74) is 4.06. The number of nitrogens with zero attached hydrogens (tertiary/aromatic N) is 1. The summed E-state index contributed by atoms with van der Waals surface area (Å²) in [6, 6.07) is 18.4. The summed E-state index contributed by atoms with van der Waals surface area (Å²) in [5.74, 6) is 0. The molecule has 0 saturated carbocycles. The minimum Gasteiger partial charge on any atom is -0.396 e. The maximum Gasteiger partial charge on any atom is 0.0991 e. The Kier molecular flexibility index (Phi) is 5.51. The first-order valence-corrected chi connectivity index (χ1v) is 7.19. The topological polar surface area (TPSA) is 56.0 Å². The Hall–Kier alpha value is -2.15. The Balaban J connectivity index is 2.09. The Morgan fingerprint density at radius 3 is 2.57 bits per heavy atom. The van der Waals surface area contributed by atoms with Crippen molar-refractivity contribution in [3.05, 3.63) is 59.7 Å². The number of hydrogen-bond donors (Lipinski definition) is 2. The van der Waals surface area contributed by atoms with Crippen molar-refractivity contribution in [2.24, 2.45) is 0 Å². The van der Waals surface area contributed by atoms with E-state index in [9.17, 15) is 0 Å². The SMILES string of the molecule is C[C@H](NCCCO)c1ccc(-c2cccc(C#N)c2)cc1. The first-order chi connectivity index (χ1) is 10.2. The standard InChI is InChI=1S/C18H20N2O/c1-14(20-10-3-11-21)16-6-8-17(9-7-16)18-5-2-4-15(12-18)13-19/h2,4-9,12,14,20-21H,3,10-11H2,1H3/t14-/m0/s1. The van der Waals surface area contributed by atoms with E-state index in [1.165, 1.54) is 5.56 Å². The molecule has 108 valence electrons. The predicted molar refractivity (Wildman–Crippen MR) is 84.7 cm³/mol. The number of aliphatic hydroxyl groups is 1. The van der Waals surface area contributed by atoms with Crippen LogP contribution in [0.1, 0.15) is 30.5 Å². The van der Waals surface area contributed by atoms with Gasteiger partial charge in [0.2, 0.25) is 0 Å². The van der Waals surface area contributed by atoms with E-state index in [2.05, 4.69) is 42.6 Å². The normalized spacial score (nSPS) is 11.9. The monoisotopic (exact) mass is 280 g/mol. The Labute approximate surface area is 125 Å². The van der Waals surface area contributed by atoms with Gasteiger partial charge in [0.15, 0.2) is 0 Å². The zero-order valence-corrected chi connectivity index (χ0v) is 12.2. The number of benzene rings is 2. The number of hydrogen-bond acceptors (Lipinski definition) is 3. The lowest BCUT2D eigenvalue weighted by atomic mass is 10.00. The average molecular weight is 280 g/mol. The fourth-order valence-electron chi connectivity index (χ4n) is 2.25. The summed E-state index contributed by atoms with van der Waals surface area (Å²) in [7, 11) is 0. The third-order valence-electron chi connectivity index (χ3n) is 3.52. The van der Waals surface area contributed by atoms with Crippen LogP contribution in [0.5, 0.6) is 0 Å². The van der Waals surface area contributed by atoms with Crippen molar-refractivity contribution < 1.29 is 5.11 Å². The molecule has 0 unspecified atom stereocenters. The van der Waals surface area contributed by atoms with Crippen molar-refractivity contribution in [3.63, 3.8) is 0 Å². The Morgan fingerprint density at radius 2 is 1.90 bits per heavy atom. The van der Waals surface area contributed by atoms with E-state index in [0.717, 1.165) is 24.1 Å².